The van der Waals surface area contributed by atoms with Crippen molar-refractivity contribution >= 4 is 60.8 Å². The second-order valence-electron chi connectivity index (χ2n) is 23.1. The van der Waals surface area contributed by atoms with Gasteiger partial charge in [-0.1, -0.05) is 29.8 Å². The van der Waals surface area contributed by atoms with E-state index in [2.05, 4.69) is 39.2 Å². The van der Waals surface area contributed by atoms with Crippen LogP contribution in [0.3, 0.4) is 0 Å². The Morgan fingerprint density at radius 1 is 0.758 bits per heavy atom. The van der Waals surface area contributed by atoms with Gasteiger partial charge >= 0.3 is 5.95 Å². The van der Waals surface area contributed by atoms with Gasteiger partial charge in [0.2, 0.25) is 23.3 Å². The van der Waals surface area contributed by atoms with Crippen molar-refractivity contribution < 1.29 is 91.6 Å². The van der Waals surface area contributed by atoms with Crippen molar-refractivity contribution in [2.75, 3.05) is 149 Å². The number of carbonyl (C=O) groups excluding carboxylic acids is 1. The summed E-state index contributed by atoms with van der Waals surface area (Å²) < 4.78 is 142. The summed E-state index contributed by atoms with van der Waals surface area (Å²) in [4.78, 5) is 21.2. The Kier molecular flexibility index (Phi) is 27.6. The van der Waals surface area contributed by atoms with Crippen LogP contribution in [0, 0.1) is 5.82 Å². The first-order valence-electron chi connectivity index (χ1n) is 31.6. The van der Waals surface area contributed by atoms with E-state index < -0.39 is 36.9 Å². The first kappa shape index (κ1) is 74.0. The van der Waals surface area contributed by atoms with Crippen molar-refractivity contribution in [1.82, 2.24) is 20.5 Å². The van der Waals surface area contributed by atoms with E-state index in [0.29, 0.717) is 174 Å². The summed E-state index contributed by atoms with van der Waals surface area (Å²) in [5.41, 5.74) is 4.62. The highest BCUT2D eigenvalue weighted by atomic mass is 35.5. The molecule has 5 aromatic rings. The van der Waals surface area contributed by atoms with E-state index in [4.69, 9.17) is 59.0 Å². The van der Waals surface area contributed by atoms with Crippen LogP contribution in [0.5, 0.6) is 11.6 Å². The minimum absolute atomic E-state index is 0.148. The number of ether oxygens (including phenoxy) is 10. The Bertz CT molecular complexity index is 3720. The van der Waals surface area contributed by atoms with Crippen LogP contribution >= 0.6 is 11.6 Å². The third-order valence-electron chi connectivity index (χ3n) is 16.3. The van der Waals surface area contributed by atoms with Crippen molar-refractivity contribution in [3.63, 3.8) is 0 Å². The zero-order valence-electron chi connectivity index (χ0n) is 54.6. The molecule has 1 atom stereocenters. The van der Waals surface area contributed by atoms with Crippen molar-refractivity contribution in [3.05, 3.63) is 137 Å². The molecule has 4 N–H and O–H groups in total. The molecule has 1 unspecified atom stereocenters. The average molecular weight is 1380 g/mol. The summed E-state index contributed by atoms with van der Waals surface area (Å²) in [6.45, 7) is 18.6. The third-order valence-corrected chi connectivity index (χ3v) is 18.3. The number of fused-ring (bicyclic) bond motifs is 2. The maximum Gasteiger partial charge on any atom is 0.385 e. The minimum Gasteiger partial charge on any atom is -0.483 e. The lowest BCUT2D eigenvalue weighted by molar-refractivity contribution is -0.595. The molecule has 2 aromatic heterocycles. The lowest BCUT2D eigenvalue weighted by atomic mass is 9.77. The van der Waals surface area contributed by atoms with Gasteiger partial charge in [0, 0.05) is 65.2 Å². The zero-order valence-corrected chi connectivity index (χ0v) is 57.0. The SMILES string of the molecule is CCN1\C(=C/C=C/C=C/C2=[N+](CC)c3cc(S(=O)(=O)O)ccc3C2(C)C)C(C)(CCCC(=O)NCCOCCOCCOCCOCCOCCOCCOCCOCc2[nH]nc(N3CC(Oc4ccc(F)cc4Cl)C3)[n+]2-c2ccc(OC)nc2)c2cc(S(=O)(=O)O)ccc21. The molecule has 3 aromatic carbocycles. The number of carbonyl (C=O) groups is 1. The standard InChI is InChI=1S/C66H86ClFN8O17S2/c1-7-74-56-21-19-51(94(78,79)80)42-54(56)66(5,60(74)14-11-9-10-13-59-65(3,4)53-20-18-52(95(81,82)83)43-57(53)75(59)8-2)24-12-15-62(77)69-25-26-85-27-28-86-29-30-87-31-32-88-33-34-89-35-36-90-37-38-91-39-40-92-47-61-71-72-64(76(61)49-17-23-63(84-6)70-44-49)73-45-50(46-73)93-58-22-16-48(68)41-55(58)67/h9-11,13-14,16-23,41-44,50H,7-8,12,15,24-40,45-47H2,1-6H3,(H2-,69,77,78,79,80,81,82,83)/p+2. The van der Waals surface area contributed by atoms with Gasteiger partial charge in [-0.25, -0.2) is 9.37 Å². The number of allylic oxidation sites excluding steroid dienone is 6. The number of aromatic amines is 1. The van der Waals surface area contributed by atoms with Gasteiger partial charge < -0.3 is 57.6 Å². The Balaban J connectivity index is 0.625. The fourth-order valence-electron chi connectivity index (χ4n) is 11.5. The average Bonchev–Trinajstić information content (AvgIpc) is 1.60. The van der Waals surface area contributed by atoms with Gasteiger partial charge in [0.05, 0.1) is 141 Å². The van der Waals surface area contributed by atoms with E-state index >= 15 is 0 Å². The highest BCUT2D eigenvalue weighted by Crippen LogP contribution is 2.51. The number of pyridine rings is 1. The smallest absolute Gasteiger partial charge is 0.385 e. The summed E-state index contributed by atoms with van der Waals surface area (Å²) in [6, 6.07) is 17.0. The van der Waals surface area contributed by atoms with E-state index in [-0.39, 0.29) is 39.9 Å². The van der Waals surface area contributed by atoms with Gasteiger partial charge in [0.15, 0.2) is 11.8 Å². The van der Waals surface area contributed by atoms with Crippen LogP contribution in [0.4, 0.5) is 21.7 Å². The minimum atomic E-state index is -4.50. The van der Waals surface area contributed by atoms with Crippen molar-refractivity contribution in [2.45, 2.75) is 87.2 Å². The molecule has 518 valence electrons. The fraction of sp³-hybridized carbons (Fsp3) is 0.500. The van der Waals surface area contributed by atoms with Gasteiger partial charge in [-0.15, -0.1) is 0 Å². The zero-order chi connectivity index (χ0) is 68.0. The molecule has 95 heavy (non-hydrogen) atoms. The van der Waals surface area contributed by atoms with Crippen LogP contribution < -0.4 is 29.2 Å². The molecule has 0 aliphatic carbocycles. The predicted octanol–water partition coefficient (Wildman–Crippen LogP) is 7.45. The number of likely N-dealkylation sites (N-methyl/N-ethyl adjacent to an activating group) is 1. The molecule has 3 aliphatic heterocycles. The molecule has 1 fully saturated rings. The van der Waals surface area contributed by atoms with Crippen molar-refractivity contribution in [1.29, 1.82) is 0 Å². The molecule has 0 radical (unpaired) electrons. The van der Waals surface area contributed by atoms with Gasteiger partial charge in [-0.05, 0) is 114 Å². The quantitative estimate of drug-likeness (QED) is 0.0128. The van der Waals surface area contributed by atoms with Crippen LogP contribution in [0.2, 0.25) is 5.02 Å². The number of methoxy groups -OCH3 is 1. The van der Waals surface area contributed by atoms with Gasteiger partial charge in [-0.3, -0.25) is 18.8 Å². The number of aromatic nitrogens is 4. The number of rotatable bonds is 42. The molecule has 8 rings (SSSR count). The number of nitrogens with one attached hydrogen (secondary N) is 2. The Morgan fingerprint density at radius 3 is 1.93 bits per heavy atom. The summed E-state index contributed by atoms with van der Waals surface area (Å²) in [5, 5.41) is 10.8. The second kappa shape index (κ2) is 35.5. The molecule has 3 aliphatic rings. The van der Waals surface area contributed by atoms with Gasteiger partial charge in [0.1, 0.15) is 35.3 Å². The lowest BCUT2D eigenvalue weighted by Crippen LogP contribution is -2.58. The van der Waals surface area contributed by atoms with E-state index in [9.17, 15) is 35.1 Å². The topological polar surface area (TPSA) is 285 Å². The second-order valence-corrected chi connectivity index (χ2v) is 26.3. The van der Waals surface area contributed by atoms with Crippen LogP contribution in [-0.2, 0) is 80.4 Å². The van der Waals surface area contributed by atoms with Crippen LogP contribution in [0.15, 0.2) is 119 Å². The number of nitrogens with zero attached hydrogens (tertiary/aromatic N) is 6. The number of halogens is 2. The summed E-state index contributed by atoms with van der Waals surface area (Å²) in [5.74, 6) is 1.67. The first-order chi connectivity index (χ1) is 45.7. The molecule has 1 saturated heterocycles. The van der Waals surface area contributed by atoms with Crippen molar-refractivity contribution in [3.8, 4) is 17.3 Å². The molecule has 29 heteroatoms. The monoisotopic (exact) mass is 1380 g/mol. The third kappa shape index (κ3) is 20.2. The van der Waals surface area contributed by atoms with Gasteiger partial charge in [0.25, 0.3) is 20.2 Å². The fourth-order valence-corrected chi connectivity index (χ4v) is 12.7. The molecule has 25 nitrogen and oxygen atoms in total. The van der Waals surface area contributed by atoms with E-state index in [1.807, 2.05) is 71.3 Å². The highest BCUT2D eigenvalue weighted by Gasteiger charge is 2.46. The Morgan fingerprint density at radius 2 is 1.36 bits per heavy atom. The van der Waals surface area contributed by atoms with E-state index in [1.54, 1.807) is 31.5 Å². The molecule has 1 amide bonds. The van der Waals surface area contributed by atoms with E-state index in [0.717, 1.165) is 33.9 Å². The molecular weight excluding hydrogens is 1300 g/mol. The maximum atomic E-state index is 13.5. The number of anilines is 2. The molecule has 0 saturated carbocycles. The summed E-state index contributed by atoms with van der Waals surface area (Å²) in [6.07, 6.45) is 12.4. The molecule has 0 bridgehead atoms. The van der Waals surface area contributed by atoms with Crippen LogP contribution in [-0.4, -0.2) is 202 Å². The predicted molar refractivity (Wildman–Crippen MR) is 352 cm³/mol. The van der Waals surface area contributed by atoms with Crippen LogP contribution in [0.25, 0.3) is 5.69 Å². The Labute approximate surface area is 560 Å². The number of benzene rings is 3. The number of hydrogen-bond donors (Lipinski definition) is 4. The first-order valence-corrected chi connectivity index (χ1v) is 34.9. The highest BCUT2D eigenvalue weighted by molar-refractivity contribution is 7.86. The van der Waals surface area contributed by atoms with Crippen LogP contribution in [0.1, 0.15) is 70.8 Å². The normalized spacial score (nSPS) is 16.8. The number of amides is 1. The van der Waals surface area contributed by atoms with Gasteiger partial charge in [-0.2, -0.15) is 31.1 Å². The molecule has 5 heterocycles. The molecular formula is C66H88ClFN8O17S2+2. The number of H-pyrrole nitrogens is 1. The largest absolute Gasteiger partial charge is 0.483 e. The lowest BCUT2D eigenvalue weighted by Gasteiger charge is -2.35. The maximum absolute atomic E-state index is 13.5. The van der Waals surface area contributed by atoms with E-state index in [1.165, 1.54) is 42.5 Å². The molecule has 0 spiro atoms. The number of hydrogen-bond acceptors (Lipinski definition) is 19. The Hall–Kier alpha value is -6.77. The summed E-state index contributed by atoms with van der Waals surface area (Å²) >= 11 is 6.17. The summed E-state index contributed by atoms with van der Waals surface area (Å²) in [7, 11) is -7.33. The van der Waals surface area contributed by atoms with Crippen molar-refractivity contribution in [2.24, 2.45) is 0 Å².